The van der Waals surface area contributed by atoms with Crippen LogP contribution in [0.2, 0.25) is 0 Å². The normalized spacial score (nSPS) is 22.9. The molecule has 4 atom stereocenters. The minimum Gasteiger partial charge on any atom is -0.497 e. The van der Waals surface area contributed by atoms with Crippen LogP contribution in [0.15, 0.2) is 97.4 Å². The molecule has 0 spiro atoms. The summed E-state index contributed by atoms with van der Waals surface area (Å²) in [5, 5.41) is 3.26. The number of nitrogens with zero attached hydrogens (tertiary/aromatic N) is 3. The van der Waals surface area contributed by atoms with Crippen molar-refractivity contribution in [3.8, 4) is 17.2 Å². The van der Waals surface area contributed by atoms with Gasteiger partial charge in [0.1, 0.15) is 23.4 Å². The van der Waals surface area contributed by atoms with E-state index >= 15 is 0 Å². The molecule has 0 aromatic heterocycles. The quantitative estimate of drug-likeness (QED) is 0.309. The molecule has 5 aliphatic rings. The van der Waals surface area contributed by atoms with Gasteiger partial charge in [0.05, 0.1) is 78.1 Å². The minimum absolute atomic E-state index is 0. The summed E-state index contributed by atoms with van der Waals surface area (Å²) in [6.07, 6.45) is 7.52. The second-order valence-corrected chi connectivity index (χ2v) is 14.4. The zero-order valence-electron chi connectivity index (χ0n) is 31.7. The first-order valence-corrected chi connectivity index (χ1v) is 18.6. The maximum Gasteiger partial charge on any atom is 0.157 e. The van der Waals surface area contributed by atoms with Crippen LogP contribution < -0.4 is 19.5 Å². The number of hydrogen-bond acceptors (Lipinski definition) is 12. The number of rotatable bonds is 9. The average Bonchev–Trinajstić information content (AvgIpc) is 3.87. The Morgan fingerprint density at radius 1 is 0.589 bits per heavy atom. The Balaban J connectivity index is 0.000000160. The van der Waals surface area contributed by atoms with E-state index in [4.69, 9.17) is 18.9 Å². The lowest BCUT2D eigenvalue weighted by molar-refractivity contribution is -0.133. The summed E-state index contributed by atoms with van der Waals surface area (Å²) in [6, 6.07) is 23.9. The van der Waals surface area contributed by atoms with Crippen LogP contribution >= 0.6 is 0 Å². The molecule has 0 bridgehead atoms. The number of carbonyl (C=O) groups is 4. The lowest BCUT2D eigenvalue weighted by atomic mass is 9.92. The maximum atomic E-state index is 12.0. The predicted molar refractivity (Wildman–Crippen MR) is 213 cm³/mol. The zero-order valence-corrected chi connectivity index (χ0v) is 31.7. The third kappa shape index (κ3) is 11.4. The fourth-order valence-electron chi connectivity index (χ4n) is 7.45. The second kappa shape index (κ2) is 20.0. The molecule has 4 unspecified atom stereocenters. The van der Waals surface area contributed by atoms with E-state index in [2.05, 4.69) is 27.2 Å². The summed E-state index contributed by atoms with van der Waals surface area (Å²) >= 11 is 0. The molecular weight excluding hydrogens is 713 g/mol. The van der Waals surface area contributed by atoms with Gasteiger partial charge in [0.15, 0.2) is 23.1 Å². The molecule has 3 saturated heterocycles. The molecule has 3 fully saturated rings. The van der Waals surface area contributed by atoms with Crippen molar-refractivity contribution in [3.63, 3.8) is 0 Å². The van der Waals surface area contributed by atoms with Crippen molar-refractivity contribution in [2.24, 2.45) is 11.8 Å². The van der Waals surface area contributed by atoms with Gasteiger partial charge in [-0.05, 0) is 65.4 Å². The van der Waals surface area contributed by atoms with Gasteiger partial charge in [0.2, 0.25) is 0 Å². The third-order valence-corrected chi connectivity index (χ3v) is 10.3. The van der Waals surface area contributed by atoms with Crippen molar-refractivity contribution in [1.82, 2.24) is 20.0 Å². The molecule has 0 aliphatic carbocycles. The lowest BCUT2D eigenvalue weighted by Crippen LogP contribution is -2.51. The molecule has 5 heterocycles. The summed E-state index contributed by atoms with van der Waals surface area (Å²) in [5.41, 5.74) is 3.46. The first kappa shape index (κ1) is 41.9. The number of piperidine rings is 3. The first-order chi connectivity index (χ1) is 26.7. The Hall–Kier alpha value is -5.30. The van der Waals surface area contributed by atoms with Crippen LogP contribution in [0.25, 0.3) is 0 Å². The molecule has 12 heteroatoms. The molecule has 12 nitrogen and oxygen atoms in total. The van der Waals surface area contributed by atoms with Gasteiger partial charge < -0.3 is 24.3 Å². The van der Waals surface area contributed by atoms with Gasteiger partial charge >= 0.3 is 0 Å². The van der Waals surface area contributed by atoms with Crippen molar-refractivity contribution < 1.29 is 38.1 Å². The van der Waals surface area contributed by atoms with Gasteiger partial charge in [-0.15, -0.1) is 0 Å². The van der Waals surface area contributed by atoms with Crippen molar-refractivity contribution in [2.45, 2.75) is 45.6 Å². The molecule has 3 aromatic rings. The van der Waals surface area contributed by atoms with Crippen LogP contribution in [-0.2, 0) is 43.5 Å². The lowest BCUT2D eigenvalue weighted by Gasteiger charge is -2.33. The summed E-state index contributed by atoms with van der Waals surface area (Å²) in [4.78, 5) is 52.8. The second-order valence-electron chi connectivity index (χ2n) is 14.4. The molecule has 8 rings (SSSR count). The van der Waals surface area contributed by atoms with Gasteiger partial charge in [0.25, 0.3) is 0 Å². The molecule has 56 heavy (non-hydrogen) atoms. The monoisotopic (exact) mass is 766 g/mol. The number of nitrogens with one attached hydrogen (secondary N) is 1. The van der Waals surface area contributed by atoms with E-state index in [1.165, 1.54) is 11.1 Å². The highest BCUT2D eigenvalue weighted by Crippen LogP contribution is 2.26. The summed E-state index contributed by atoms with van der Waals surface area (Å²) in [7, 11) is 4.94. The fraction of sp³-hybridized carbons (Fsp3) is 0.409. The van der Waals surface area contributed by atoms with E-state index in [0.29, 0.717) is 38.5 Å². The Morgan fingerprint density at radius 2 is 1.04 bits per heavy atom. The summed E-state index contributed by atoms with van der Waals surface area (Å²) in [6.45, 7) is 5.70. The van der Waals surface area contributed by atoms with Crippen LogP contribution in [0.3, 0.4) is 0 Å². The average molecular weight is 767 g/mol. The number of benzene rings is 3. The van der Waals surface area contributed by atoms with Gasteiger partial charge in [-0.1, -0.05) is 49.9 Å². The van der Waals surface area contributed by atoms with Crippen molar-refractivity contribution in [1.29, 1.82) is 0 Å². The SMILES string of the molecule is C.COc1ccc(CN2CC(=O)C3C=CNC3C2)cc1.COc1ccc(CN2CC(=O)C3C=COC3C2)cc1.COc1ccc(CN2CC(=O)CC(=O)C2)cc1. The molecule has 3 aromatic carbocycles. The number of ether oxygens (including phenoxy) is 4. The van der Waals surface area contributed by atoms with Crippen molar-refractivity contribution in [3.05, 3.63) is 114 Å². The number of Topliss-reactive ketones (excluding diaryl/α,β-unsaturated/α-hetero) is 4. The van der Waals surface area contributed by atoms with Gasteiger partial charge in [0, 0.05) is 32.7 Å². The first-order valence-electron chi connectivity index (χ1n) is 18.6. The number of carbonyl (C=O) groups excluding carboxylic acids is 4. The molecule has 0 saturated carbocycles. The predicted octanol–water partition coefficient (Wildman–Crippen LogP) is 4.47. The van der Waals surface area contributed by atoms with Crippen LogP contribution in [0.1, 0.15) is 30.5 Å². The van der Waals surface area contributed by atoms with Crippen LogP contribution in [0.5, 0.6) is 17.2 Å². The number of likely N-dealkylation sites (tertiary alicyclic amines) is 3. The number of fused-ring (bicyclic) bond motifs is 2. The standard InChI is InChI=1S/C15H18N2O2.C15H17NO3.C13H15NO3.CH4/c1-19-12-4-2-11(3-5-12)8-17-9-14-13(6-7-16-14)15(18)10-17;1-18-12-4-2-11(3-5-12)8-16-9-14(17)13-6-7-19-15(13)10-16;1-17-13-4-2-10(3-5-13)7-14-8-11(15)6-12(16)9-14;/h2-7,13-14,16H,8-10H2,1H3;2-7,13,15H,8-10H2,1H3;2-5H,6-9H2,1H3;1H4. The van der Waals surface area contributed by atoms with Crippen LogP contribution in [-0.4, -0.2) is 111 Å². The van der Waals surface area contributed by atoms with Crippen molar-refractivity contribution in [2.75, 3.05) is 60.6 Å². The molecule has 0 radical (unpaired) electrons. The third-order valence-electron chi connectivity index (χ3n) is 10.3. The minimum atomic E-state index is -0.0351. The Kier molecular flexibility index (Phi) is 15.0. The Labute approximate surface area is 330 Å². The van der Waals surface area contributed by atoms with E-state index in [0.717, 1.165) is 49.0 Å². The largest absolute Gasteiger partial charge is 0.497 e. The van der Waals surface area contributed by atoms with E-state index in [1.54, 1.807) is 27.6 Å². The Bertz CT molecular complexity index is 1730. The van der Waals surface area contributed by atoms with Crippen LogP contribution in [0, 0.1) is 11.8 Å². The smallest absolute Gasteiger partial charge is 0.157 e. The molecular formula is C44H54N4O8. The topological polar surface area (TPSA) is 127 Å². The maximum absolute atomic E-state index is 12.0. The highest BCUT2D eigenvalue weighted by Gasteiger charge is 2.38. The highest BCUT2D eigenvalue weighted by molar-refractivity contribution is 6.03. The van der Waals surface area contributed by atoms with E-state index in [1.807, 2.05) is 83.9 Å². The van der Waals surface area contributed by atoms with Crippen LogP contribution in [0.4, 0.5) is 0 Å². The molecule has 5 aliphatic heterocycles. The van der Waals surface area contributed by atoms with Gasteiger partial charge in [-0.25, -0.2) is 0 Å². The number of methoxy groups -OCH3 is 3. The van der Waals surface area contributed by atoms with Gasteiger partial charge in [-0.2, -0.15) is 0 Å². The van der Waals surface area contributed by atoms with E-state index < -0.39 is 0 Å². The molecule has 298 valence electrons. The highest BCUT2D eigenvalue weighted by atomic mass is 16.5. The number of ketones is 4. The molecule has 0 amide bonds. The fourth-order valence-corrected chi connectivity index (χ4v) is 7.45. The summed E-state index contributed by atoms with van der Waals surface area (Å²) < 4.78 is 20.8. The van der Waals surface area contributed by atoms with Gasteiger partial charge in [-0.3, -0.25) is 33.9 Å². The van der Waals surface area contributed by atoms with E-state index in [9.17, 15) is 19.2 Å². The number of hydrogen-bond donors (Lipinski definition) is 1. The molecule has 1 N–H and O–H groups in total. The zero-order chi connectivity index (χ0) is 38.7. The Morgan fingerprint density at radius 3 is 1.52 bits per heavy atom. The van der Waals surface area contributed by atoms with E-state index in [-0.39, 0.29) is 55.2 Å². The van der Waals surface area contributed by atoms with Crippen molar-refractivity contribution >= 4 is 23.1 Å². The summed E-state index contributed by atoms with van der Waals surface area (Å²) in [5.74, 6) is 3.13.